The van der Waals surface area contributed by atoms with Gasteiger partial charge in [-0.1, -0.05) is 0 Å². The Morgan fingerprint density at radius 3 is 2.55 bits per heavy atom. The van der Waals surface area contributed by atoms with E-state index in [9.17, 15) is 0 Å². The average Bonchev–Trinajstić information content (AvgIpc) is 3.34. The molecule has 2 bridgehead atoms. The number of anilines is 1. The Balaban J connectivity index is 1.40. The second kappa shape index (κ2) is 4.67. The first-order valence-electron chi connectivity index (χ1n) is 8.74. The highest BCUT2D eigenvalue weighted by molar-refractivity contribution is 5.82. The van der Waals surface area contributed by atoms with Crippen molar-refractivity contribution in [3.05, 3.63) is 12.7 Å². The van der Waals surface area contributed by atoms with Crippen molar-refractivity contribution < 1.29 is 0 Å². The van der Waals surface area contributed by atoms with Crippen LogP contribution in [0.15, 0.2) is 12.7 Å². The number of hydrogen-bond donors (Lipinski definition) is 1. The maximum atomic E-state index is 4.58. The minimum Gasteiger partial charge on any atom is -0.368 e. The van der Waals surface area contributed by atoms with E-state index in [-0.39, 0.29) is 0 Å². The molecule has 0 aliphatic heterocycles. The summed E-state index contributed by atoms with van der Waals surface area (Å²) in [5.74, 6) is 1.94. The lowest BCUT2D eigenvalue weighted by Gasteiger charge is -2.46. The molecule has 4 aliphatic carbocycles. The Morgan fingerprint density at radius 1 is 1.05 bits per heavy atom. The number of fused-ring (bicyclic) bond motifs is 4. The number of aromatic nitrogens is 4. The zero-order chi connectivity index (χ0) is 14.6. The molecule has 22 heavy (non-hydrogen) atoms. The summed E-state index contributed by atoms with van der Waals surface area (Å²) in [5, 5.41) is 3.62. The zero-order valence-electron chi connectivity index (χ0n) is 13.0. The molecule has 0 unspecified atom stereocenters. The van der Waals surface area contributed by atoms with Gasteiger partial charge in [-0.25, -0.2) is 15.0 Å². The van der Waals surface area contributed by atoms with Crippen LogP contribution in [0.4, 0.5) is 5.82 Å². The Labute approximate surface area is 130 Å². The third kappa shape index (κ3) is 2.02. The third-order valence-electron chi connectivity index (χ3n) is 6.18. The molecule has 1 N–H and O–H groups in total. The lowest BCUT2D eigenvalue weighted by molar-refractivity contribution is 0.0773. The third-order valence-corrected chi connectivity index (χ3v) is 6.18. The van der Waals surface area contributed by atoms with Gasteiger partial charge in [-0.05, 0) is 62.7 Å². The molecule has 116 valence electrons. The smallest absolute Gasteiger partial charge is 0.165 e. The molecule has 0 aromatic carbocycles. The first-order chi connectivity index (χ1) is 10.8. The van der Waals surface area contributed by atoms with Crippen LogP contribution in [0.5, 0.6) is 0 Å². The van der Waals surface area contributed by atoms with Crippen molar-refractivity contribution in [3.8, 4) is 0 Å². The second-order valence-corrected chi connectivity index (χ2v) is 7.61. The molecule has 0 atom stereocenters. The van der Waals surface area contributed by atoms with Gasteiger partial charge in [0.2, 0.25) is 0 Å². The van der Waals surface area contributed by atoms with Crippen molar-refractivity contribution >= 4 is 17.0 Å². The molecule has 6 rings (SSSR count). The summed E-state index contributed by atoms with van der Waals surface area (Å²) < 4.78 is 2.21. The molecule has 2 aromatic rings. The highest BCUT2D eigenvalue weighted by atomic mass is 15.2. The molecule has 5 heteroatoms. The Bertz CT molecular complexity index is 680. The van der Waals surface area contributed by atoms with E-state index in [1.54, 1.807) is 6.33 Å². The molecule has 2 heterocycles. The fraction of sp³-hybridized carbons (Fsp3) is 0.706. The van der Waals surface area contributed by atoms with Crippen molar-refractivity contribution in [1.29, 1.82) is 0 Å². The van der Waals surface area contributed by atoms with Gasteiger partial charge in [0.25, 0.3) is 0 Å². The van der Waals surface area contributed by atoms with Crippen molar-refractivity contribution in [2.75, 3.05) is 11.9 Å². The van der Waals surface area contributed by atoms with Crippen LogP contribution in [0.3, 0.4) is 0 Å². The molecule has 2 aromatic heterocycles. The van der Waals surface area contributed by atoms with Crippen molar-refractivity contribution in [3.63, 3.8) is 0 Å². The Hall–Kier alpha value is -1.65. The van der Waals surface area contributed by atoms with E-state index in [0.29, 0.717) is 11.5 Å². The zero-order valence-corrected chi connectivity index (χ0v) is 13.0. The largest absolute Gasteiger partial charge is 0.368 e. The van der Waals surface area contributed by atoms with Gasteiger partial charge in [-0.15, -0.1) is 0 Å². The maximum Gasteiger partial charge on any atom is 0.165 e. The molecular formula is C17H23N5. The summed E-state index contributed by atoms with van der Waals surface area (Å²) in [6.07, 6.45) is 14.6. The van der Waals surface area contributed by atoms with Crippen molar-refractivity contribution in [2.24, 2.45) is 11.3 Å². The molecule has 5 nitrogen and oxygen atoms in total. The van der Waals surface area contributed by atoms with Gasteiger partial charge in [-0.2, -0.15) is 0 Å². The summed E-state index contributed by atoms with van der Waals surface area (Å²) in [6.45, 7) is 1.04. The van der Waals surface area contributed by atoms with Crippen LogP contribution in [-0.2, 0) is 0 Å². The lowest BCUT2D eigenvalue weighted by atomic mass is 9.61. The fourth-order valence-electron chi connectivity index (χ4n) is 4.48. The van der Waals surface area contributed by atoms with Gasteiger partial charge in [0.05, 0.1) is 6.33 Å². The van der Waals surface area contributed by atoms with Crippen LogP contribution in [-0.4, -0.2) is 26.1 Å². The normalized spacial score (nSPS) is 30.8. The predicted octanol–water partition coefficient (Wildman–Crippen LogP) is 3.54. The standard InChI is InChI=1S/C17H23N5/c1-2-13(1)22-11-21-14-15(19-10-20-16(14)22)18-9-17-6-3-12(4-7-17)5-8-17/h10-13H,1-9H2,(H,18,19,20). The van der Waals surface area contributed by atoms with E-state index in [1.165, 1.54) is 51.4 Å². The topological polar surface area (TPSA) is 55.6 Å². The van der Waals surface area contributed by atoms with E-state index in [0.717, 1.165) is 29.4 Å². The summed E-state index contributed by atoms with van der Waals surface area (Å²) in [5.41, 5.74) is 2.44. The van der Waals surface area contributed by atoms with E-state index in [2.05, 4.69) is 24.8 Å². The van der Waals surface area contributed by atoms with Crippen LogP contribution < -0.4 is 5.32 Å². The molecule has 0 spiro atoms. The van der Waals surface area contributed by atoms with E-state index in [1.807, 2.05) is 6.33 Å². The number of nitrogens with one attached hydrogen (secondary N) is 1. The van der Waals surface area contributed by atoms with Crippen LogP contribution in [0.25, 0.3) is 11.2 Å². The van der Waals surface area contributed by atoms with E-state index < -0.39 is 0 Å². The second-order valence-electron chi connectivity index (χ2n) is 7.61. The summed E-state index contributed by atoms with van der Waals surface area (Å²) in [7, 11) is 0. The number of rotatable bonds is 4. The molecule has 0 radical (unpaired) electrons. The molecule has 0 saturated heterocycles. The van der Waals surface area contributed by atoms with Gasteiger partial charge < -0.3 is 9.88 Å². The molecule has 0 amide bonds. The minimum absolute atomic E-state index is 0.505. The van der Waals surface area contributed by atoms with Crippen molar-refractivity contribution in [2.45, 2.75) is 57.4 Å². The number of hydrogen-bond acceptors (Lipinski definition) is 4. The SMILES string of the molecule is c1nc(NCC23CCC(CC2)CC3)c2ncn(C3CC3)c2n1. The first kappa shape index (κ1) is 12.9. The average molecular weight is 297 g/mol. The lowest BCUT2D eigenvalue weighted by Crippen LogP contribution is -2.39. The summed E-state index contributed by atoms with van der Waals surface area (Å²) in [4.78, 5) is 13.5. The van der Waals surface area contributed by atoms with Gasteiger partial charge in [-0.3, -0.25) is 0 Å². The molecular weight excluding hydrogens is 274 g/mol. The number of nitrogens with zero attached hydrogens (tertiary/aromatic N) is 4. The predicted molar refractivity (Wildman–Crippen MR) is 85.7 cm³/mol. The maximum absolute atomic E-state index is 4.58. The van der Waals surface area contributed by atoms with Gasteiger partial charge >= 0.3 is 0 Å². The first-order valence-corrected chi connectivity index (χ1v) is 8.74. The fourth-order valence-corrected chi connectivity index (χ4v) is 4.48. The Kier molecular flexibility index (Phi) is 2.73. The minimum atomic E-state index is 0.505. The molecule has 4 aliphatic rings. The highest BCUT2D eigenvalue weighted by Crippen LogP contribution is 2.50. The van der Waals surface area contributed by atoms with Gasteiger partial charge in [0.1, 0.15) is 11.8 Å². The van der Waals surface area contributed by atoms with E-state index in [4.69, 9.17) is 0 Å². The van der Waals surface area contributed by atoms with Crippen molar-refractivity contribution in [1.82, 2.24) is 19.5 Å². The Morgan fingerprint density at radius 2 is 1.82 bits per heavy atom. The quantitative estimate of drug-likeness (QED) is 0.937. The van der Waals surface area contributed by atoms with Gasteiger partial charge in [0.15, 0.2) is 11.5 Å². The number of imidazole rings is 1. The highest BCUT2D eigenvalue weighted by Gasteiger charge is 2.40. The molecule has 4 fully saturated rings. The monoisotopic (exact) mass is 297 g/mol. The van der Waals surface area contributed by atoms with Crippen LogP contribution in [0.1, 0.15) is 57.4 Å². The van der Waals surface area contributed by atoms with Crippen LogP contribution in [0, 0.1) is 11.3 Å². The van der Waals surface area contributed by atoms with Gasteiger partial charge in [0, 0.05) is 12.6 Å². The molecule has 4 saturated carbocycles. The van der Waals surface area contributed by atoms with Crippen LogP contribution in [0.2, 0.25) is 0 Å². The summed E-state index contributed by atoms with van der Waals surface area (Å²) in [6, 6.07) is 0.611. The van der Waals surface area contributed by atoms with E-state index >= 15 is 0 Å². The van der Waals surface area contributed by atoms with Crippen LogP contribution >= 0.6 is 0 Å². The summed E-state index contributed by atoms with van der Waals surface area (Å²) >= 11 is 0.